The van der Waals surface area contributed by atoms with Gasteiger partial charge in [-0.1, -0.05) is 6.07 Å². The van der Waals surface area contributed by atoms with Crippen molar-refractivity contribution in [3.63, 3.8) is 0 Å². The molecule has 120 valence electrons. The molecule has 6 nitrogen and oxygen atoms in total. The molecule has 1 heterocycles. The lowest BCUT2D eigenvalue weighted by Crippen LogP contribution is -2.24. The van der Waals surface area contributed by atoms with Gasteiger partial charge in [-0.25, -0.2) is 14.4 Å². The fraction of sp³-hybridized carbons (Fsp3) is 0.200. The third-order valence-corrected chi connectivity index (χ3v) is 2.97. The molecule has 1 aromatic carbocycles. The van der Waals surface area contributed by atoms with Crippen molar-refractivity contribution in [1.82, 2.24) is 15.3 Å². The van der Waals surface area contributed by atoms with Crippen LogP contribution in [0.2, 0.25) is 0 Å². The Morgan fingerprint density at radius 2 is 1.91 bits per heavy atom. The highest BCUT2D eigenvalue weighted by molar-refractivity contribution is 5.98. The van der Waals surface area contributed by atoms with E-state index in [0.717, 1.165) is 12.4 Å². The molecule has 0 atom stereocenters. The lowest BCUT2D eigenvalue weighted by Gasteiger charge is -2.06. The van der Waals surface area contributed by atoms with Crippen LogP contribution in [0.15, 0.2) is 30.6 Å². The Kier molecular flexibility index (Phi) is 5.29. The number of hydrogen-bond acceptors (Lipinski definition) is 5. The Morgan fingerprint density at radius 1 is 1.17 bits per heavy atom. The van der Waals surface area contributed by atoms with E-state index in [4.69, 9.17) is 0 Å². The van der Waals surface area contributed by atoms with E-state index in [2.05, 4.69) is 15.3 Å². The fourth-order valence-corrected chi connectivity index (χ4v) is 1.79. The average Bonchev–Trinajstić information content (AvgIpc) is 2.56. The van der Waals surface area contributed by atoms with E-state index in [9.17, 15) is 23.5 Å². The minimum atomic E-state index is -0.807. The minimum Gasteiger partial charge on any atom is -0.505 e. The maximum absolute atomic E-state index is 12.9. The number of benzene rings is 1. The predicted octanol–water partition coefficient (Wildman–Crippen LogP) is 1.79. The van der Waals surface area contributed by atoms with Crippen LogP contribution in [0.3, 0.4) is 0 Å². The molecule has 0 radical (unpaired) electrons. The maximum Gasteiger partial charge on any atom is 0.270 e. The van der Waals surface area contributed by atoms with Crippen LogP contribution in [0.1, 0.15) is 33.0 Å². The van der Waals surface area contributed by atoms with Gasteiger partial charge in [-0.2, -0.15) is 0 Å². The Morgan fingerprint density at radius 3 is 2.61 bits per heavy atom. The summed E-state index contributed by atoms with van der Waals surface area (Å²) in [6, 6.07) is 4.85. The molecule has 0 unspecified atom stereocenters. The van der Waals surface area contributed by atoms with Gasteiger partial charge in [0.1, 0.15) is 17.7 Å². The summed E-state index contributed by atoms with van der Waals surface area (Å²) in [5.41, 5.74) is 0.399. The highest BCUT2D eigenvalue weighted by Crippen LogP contribution is 2.16. The van der Waals surface area contributed by atoms with E-state index in [1.54, 1.807) is 0 Å². The van der Waals surface area contributed by atoms with Crippen molar-refractivity contribution in [2.24, 2.45) is 0 Å². The van der Waals surface area contributed by atoms with Gasteiger partial charge in [-0.15, -0.1) is 0 Å². The number of rotatable bonds is 6. The third kappa shape index (κ3) is 4.29. The number of Topliss-reactive ketones (excluding diaryl/α,β-unsaturated/α-hetero) is 1. The average molecular weight is 321 g/mol. The molecule has 2 aromatic rings. The van der Waals surface area contributed by atoms with Crippen molar-refractivity contribution in [2.75, 3.05) is 6.67 Å². The molecule has 0 saturated heterocycles. The van der Waals surface area contributed by atoms with Crippen molar-refractivity contribution < 1.29 is 23.5 Å². The van der Waals surface area contributed by atoms with Crippen LogP contribution in [-0.2, 0) is 6.54 Å². The van der Waals surface area contributed by atoms with Crippen LogP contribution in [0.25, 0.3) is 0 Å². The van der Waals surface area contributed by atoms with Crippen molar-refractivity contribution in [2.45, 2.75) is 13.0 Å². The van der Waals surface area contributed by atoms with E-state index in [1.807, 2.05) is 0 Å². The summed E-state index contributed by atoms with van der Waals surface area (Å²) in [5, 5.41) is 11.8. The first-order valence-electron chi connectivity index (χ1n) is 6.68. The van der Waals surface area contributed by atoms with E-state index >= 15 is 0 Å². The second kappa shape index (κ2) is 7.39. The molecule has 0 saturated carbocycles. The van der Waals surface area contributed by atoms with Crippen LogP contribution < -0.4 is 5.32 Å². The number of aromatic nitrogens is 2. The second-order valence-corrected chi connectivity index (χ2v) is 4.62. The maximum atomic E-state index is 12.9. The van der Waals surface area contributed by atoms with Crippen molar-refractivity contribution >= 4 is 11.7 Å². The summed E-state index contributed by atoms with van der Waals surface area (Å²) in [6.45, 7) is -0.775. The zero-order chi connectivity index (χ0) is 16.8. The first kappa shape index (κ1) is 16.5. The molecule has 2 rings (SSSR count). The van der Waals surface area contributed by atoms with Crippen LogP contribution in [-0.4, -0.2) is 33.4 Å². The van der Waals surface area contributed by atoms with E-state index < -0.39 is 29.9 Å². The largest absolute Gasteiger partial charge is 0.505 e. The van der Waals surface area contributed by atoms with Crippen molar-refractivity contribution in [3.05, 3.63) is 53.4 Å². The molecule has 23 heavy (non-hydrogen) atoms. The van der Waals surface area contributed by atoms with Gasteiger partial charge in [0.25, 0.3) is 5.91 Å². The van der Waals surface area contributed by atoms with Crippen LogP contribution in [0, 0.1) is 5.82 Å². The van der Waals surface area contributed by atoms with Crippen LogP contribution in [0.4, 0.5) is 8.78 Å². The molecule has 0 aliphatic rings. The Labute approximate surface area is 130 Å². The van der Waals surface area contributed by atoms with Gasteiger partial charge in [-0.3, -0.25) is 14.0 Å². The van der Waals surface area contributed by atoms with E-state index in [0.29, 0.717) is 5.56 Å². The van der Waals surface area contributed by atoms with Crippen LogP contribution >= 0.6 is 0 Å². The Hall–Kier alpha value is -2.90. The lowest BCUT2D eigenvalue weighted by molar-refractivity contribution is 0.0945. The summed E-state index contributed by atoms with van der Waals surface area (Å²) in [6.07, 6.45) is 0.733. The highest BCUT2D eigenvalue weighted by Gasteiger charge is 2.13. The summed E-state index contributed by atoms with van der Waals surface area (Å²) in [4.78, 5) is 31.0. The van der Waals surface area contributed by atoms with Gasteiger partial charge in [0.05, 0.1) is 6.67 Å². The number of phenols is 1. The molecule has 8 heteroatoms. The first-order valence-corrected chi connectivity index (χ1v) is 6.68. The summed E-state index contributed by atoms with van der Waals surface area (Å²) in [7, 11) is 0. The Bertz CT molecular complexity index is 738. The monoisotopic (exact) mass is 321 g/mol. The summed E-state index contributed by atoms with van der Waals surface area (Å²) >= 11 is 0. The van der Waals surface area contributed by atoms with Crippen molar-refractivity contribution in [1.29, 1.82) is 0 Å². The molecule has 0 spiro atoms. The van der Waals surface area contributed by atoms with Gasteiger partial charge in [-0.05, 0) is 23.8 Å². The normalized spacial score (nSPS) is 10.3. The van der Waals surface area contributed by atoms with Gasteiger partial charge >= 0.3 is 0 Å². The number of phenolic OH excluding ortho intramolecular Hbond substituents is 1. The van der Waals surface area contributed by atoms with Crippen LogP contribution in [0.5, 0.6) is 5.75 Å². The summed E-state index contributed by atoms with van der Waals surface area (Å²) in [5.74, 6) is -2.37. The number of carbonyl (C=O) groups is 2. The molecule has 1 aromatic heterocycles. The fourth-order valence-electron chi connectivity index (χ4n) is 1.79. The number of hydrogen-bond donors (Lipinski definition) is 2. The van der Waals surface area contributed by atoms with E-state index in [1.165, 1.54) is 18.2 Å². The summed E-state index contributed by atoms with van der Waals surface area (Å²) < 4.78 is 25.1. The van der Waals surface area contributed by atoms with Gasteiger partial charge < -0.3 is 10.4 Å². The topological polar surface area (TPSA) is 92.2 Å². The molecule has 2 N–H and O–H groups in total. The standard InChI is InChI=1S/C15H13F2N3O3/c16-4-3-13(21)11-6-12(20-8-19-11)15(23)18-7-9-1-2-10(17)14(22)5-9/h1-2,5-6,8,22H,3-4,7H2,(H,18,23). The molecule has 0 fully saturated rings. The number of ketones is 1. The van der Waals surface area contributed by atoms with Crippen molar-refractivity contribution in [3.8, 4) is 5.75 Å². The third-order valence-electron chi connectivity index (χ3n) is 2.97. The van der Waals surface area contributed by atoms with E-state index in [-0.39, 0.29) is 24.4 Å². The highest BCUT2D eigenvalue weighted by atomic mass is 19.1. The molecule has 0 aliphatic carbocycles. The number of nitrogens with zero attached hydrogens (tertiary/aromatic N) is 2. The van der Waals surface area contributed by atoms with Gasteiger partial charge in [0, 0.05) is 13.0 Å². The number of halogens is 2. The number of aromatic hydroxyl groups is 1. The SMILES string of the molecule is O=C(CCF)c1cc(C(=O)NCc2ccc(F)c(O)c2)ncn1. The molecule has 0 aliphatic heterocycles. The number of amides is 1. The van der Waals surface area contributed by atoms with Gasteiger partial charge in [0.2, 0.25) is 0 Å². The molecule has 1 amide bonds. The lowest BCUT2D eigenvalue weighted by atomic mass is 10.2. The second-order valence-electron chi connectivity index (χ2n) is 4.62. The number of alkyl halides is 1. The zero-order valence-corrected chi connectivity index (χ0v) is 11.9. The molecular formula is C15H13F2N3O3. The minimum absolute atomic E-state index is 0.0322. The molecule has 0 bridgehead atoms. The smallest absolute Gasteiger partial charge is 0.270 e. The molecular weight excluding hydrogens is 308 g/mol. The predicted molar refractivity (Wildman–Crippen MR) is 76.2 cm³/mol. The van der Waals surface area contributed by atoms with Gasteiger partial charge in [0.15, 0.2) is 17.3 Å². The Balaban J connectivity index is 2.04. The number of nitrogens with one attached hydrogen (secondary N) is 1. The number of carbonyl (C=O) groups excluding carboxylic acids is 2. The quantitative estimate of drug-likeness (QED) is 0.792. The first-order chi connectivity index (χ1) is 11.0. The zero-order valence-electron chi connectivity index (χ0n) is 11.9.